The van der Waals surface area contributed by atoms with Gasteiger partial charge in [0.25, 0.3) is 0 Å². The number of aromatic carboxylic acids is 1. The predicted octanol–water partition coefficient (Wildman–Crippen LogP) is 3.74. The first-order chi connectivity index (χ1) is 13.2. The number of nitrogens with one attached hydrogen (secondary N) is 1. The first-order valence-corrected chi connectivity index (χ1v) is 8.72. The zero-order valence-corrected chi connectivity index (χ0v) is 14.5. The topological polar surface area (TPSA) is 84.2 Å². The molecule has 0 saturated heterocycles. The van der Waals surface area contributed by atoms with Crippen molar-refractivity contribution < 1.29 is 27.9 Å². The van der Waals surface area contributed by atoms with Gasteiger partial charge >= 0.3 is 12.1 Å². The molecule has 2 bridgehead atoms. The molecule has 1 heterocycles. The number of anilines is 1. The molecule has 1 aromatic heterocycles. The lowest BCUT2D eigenvalue weighted by Gasteiger charge is -2.18. The zero-order chi connectivity index (χ0) is 20.1. The molecule has 2 aromatic rings. The van der Waals surface area contributed by atoms with Crippen LogP contribution in [0.4, 0.5) is 18.9 Å². The number of nitrogens with zero attached hydrogens (tertiary/aromatic N) is 2. The van der Waals surface area contributed by atoms with Gasteiger partial charge in [0, 0.05) is 11.6 Å². The van der Waals surface area contributed by atoms with E-state index in [9.17, 15) is 22.8 Å². The van der Waals surface area contributed by atoms with Crippen molar-refractivity contribution in [2.24, 2.45) is 17.8 Å². The van der Waals surface area contributed by atoms with Crippen LogP contribution in [0, 0.1) is 17.8 Å². The average Bonchev–Trinajstić information content (AvgIpc) is 3.36. The van der Waals surface area contributed by atoms with Gasteiger partial charge < -0.3 is 10.4 Å². The maximum Gasteiger partial charge on any atom is 0.434 e. The van der Waals surface area contributed by atoms with Gasteiger partial charge in [-0.25, -0.2) is 9.48 Å². The molecule has 2 aliphatic carbocycles. The number of carbonyl (C=O) groups is 2. The van der Waals surface area contributed by atoms with E-state index in [-0.39, 0.29) is 23.4 Å². The third kappa shape index (κ3) is 3.17. The van der Waals surface area contributed by atoms with E-state index in [1.807, 2.05) is 0 Å². The number of carboxylic acids is 1. The monoisotopic (exact) mass is 391 g/mol. The minimum absolute atomic E-state index is 0.0423. The van der Waals surface area contributed by atoms with E-state index in [1.165, 1.54) is 24.3 Å². The van der Waals surface area contributed by atoms with Crippen LogP contribution in [-0.2, 0) is 11.0 Å². The summed E-state index contributed by atoms with van der Waals surface area (Å²) in [5, 5.41) is 15.3. The van der Waals surface area contributed by atoms with Crippen LogP contribution in [0.5, 0.6) is 0 Å². The Morgan fingerprint density at radius 1 is 1.14 bits per heavy atom. The van der Waals surface area contributed by atoms with Crippen LogP contribution < -0.4 is 5.32 Å². The fourth-order valence-electron chi connectivity index (χ4n) is 3.98. The molecule has 146 valence electrons. The molecule has 2 aliphatic rings. The zero-order valence-electron chi connectivity index (χ0n) is 14.5. The van der Waals surface area contributed by atoms with Crippen LogP contribution in [0.15, 0.2) is 42.6 Å². The standard InChI is InChI=1S/C19H16F3N3O3/c20-19(21,22)16-15(18(27)28)9-23-25(16)13-5-3-12(4-6-13)24-17(26)14-8-10-1-2-11(14)7-10/h1-6,9-11,14H,7-8H2,(H,24,26)(H,27,28). The Morgan fingerprint density at radius 3 is 2.39 bits per heavy atom. The van der Waals surface area contributed by atoms with Gasteiger partial charge in [0.1, 0.15) is 5.56 Å². The fourth-order valence-corrected chi connectivity index (χ4v) is 3.98. The average molecular weight is 391 g/mol. The number of carbonyl (C=O) groups excluding carboxylic acids is 1. The van der Waals surface area contributed by atoms with Crippen LogP contribution in [-0.4, -0.2) is 26.8 Å². The molecule has 1 fully saturated rings. The van der Waals surface area contributed by atoms with Gasteiger partial charge in [-0.15, -0.1) is 0 Å². The number of hydrogen-bond acceptors (Lipinski definition) is 3. The van der Waals surface area contributed by atoms with Crippen LogP contribution in [0.2, 0.25) is 0 Å². The predicted molar refractivity (Wildman–Crippen MR) is 93.0 cm³/mol. The van der Waals surface area contributed by atoms with Crippen LogP contribution >= 0.6 is 0 Å². The van der Waals surface area contributed by atoms with Crippen molar-refractivity contribution in [3.63, 3.8) is 0 Å². The van der Waals surface area contributed by atoms with Crippen molar-refractivity contribution in [1.29, 1.82) is 0 Å². The Hall–Kier alpha value is -3.10. The Kier molecular flexibility index (Phi) is 4.24. The maximum absolute atomic E-state index is 13.3. The molecular formula is C19H16F3N3O3. The number of rotatable bonds is 4. The lowest BCUT2D eigenvalue weighted by Crippen LogP contribution is -2.25. The molecule has 0 aliphatic heterocycles. The van der Waals surface area contributed by atoms with E-state index >= 15 is 0 Å². The maximum atomic E-state index is 13.3. The van der Waals surface area contributed by atoms with Crippen molar-refractivity contribution in [1.82, 2.24) is 9.78 Å². The molecule has 4 rings (SSSR count). The van der Waals surface area contributed by atoms with Crippen molar-refractivity contribution in [3.8, 4) is 5.69 Å². The summed E-state index contributed by atoms with van der Waals surface area (Å²) < 4.78 is 40.4. The van der Waals surface area contributed by atoms with Gasteiger partial charge in [0.2, 0.25) is 5.91 Å². The highest BCUT2D eigenvalue weighted by molar-refractivity contribution is 5.93. The highest BCUT2D eigenvalue weighted by Crippen LogP contribution is 2.43. The van der Waals surface area contributed by atoms with Gasteiger partial charge in [-0.1, -0.05) is 12.2 Å². The van der Waals surface area contributed by atoms with E-state index in [0.717, 1.165) is 12.8 Å². The van der Waals surface area contributed by atoms with Crippen molar-refractivity contribution in [2.45, 2.75) is 19.0 Å². The molecule has 1 saturated carbocycles. The van der Waals surface area contributed by atoms with Crippen molar-refractivity contribution in [3.05, 3.63) is 53.9 Å². The Balaban J connectivity index is 1.55. The summed E-state index contributed by atoms with van der Waals surface area (Å²) in [5.41, 5.74) is -1.78. The Labute approximate surface area is 157 Å². The van der Waals surface area contributed by atoms with Crippen LogP contribution in [0.25, 0.3) is 5.69 Å². The van der Waals surface area contributed by atoms with Crippen molar-refractivity contribution in [2.75, 3.05) is 5.32 Å². The van der Waals surface area contributed by atoms with Crippen LogP contribution in [0.1, 0.15) is 28.9 Å². The minimum atomic E-state index is -4.88. The normalized spacial score (nSPS) is 23.2. The largest absolute Gasteiger partial charge is 0.478 e. The quantitative estimate of drug-likeness (QED) is 0.778. The minimum Gasteiger partial charge on any atom is -0.478 e. The molecule has 28 heavy (non-hydrogen) atoms. The molecule has 2 N–H and O–H groups in total. The molecular weight excluding hydrogens is 375 g/mol. The fraction of sp³-hybridized carbons (Fsp3) is 0.316. The number of halogens is 3. The third-order valence-corrected chi connectivity index (χ3v) is 5.26. The van der Waals surface area contributed by atoms with Crippen LogP contribution in [0.3, 0.4) is 0 Å². The SMILES string of the molecule is O=C(O)c1cnn(-c2ccc(NC(=O)C3CC4C=CC3C4)cc2)c1C(F)(F)F. The molecule has 9 heteroatoms. The summed E-state index contributed by atoms with van der Waals surface area (Å²) in [6, 6.07) is 5.64. The van der Waals surface area contributed by atoms with E-state index in [4.69, 9.17) is 5.11 Å². The number of alkyl halides is 3. The lowest BCUT2D eigenvalue weighted by atomic mass is 9.93. The van der Waals surface area contributed by atoms with E-state index < -0.39 is 23.4 Å². The molecule has 0 spiro atoms. The molecule has 3 unspecified atom stereocenters. The number of amides is 1. The number of hydrogen-bond donors (Lipinski definition) is 2. The molecule has 1 aromatic carbocycles. The molecule has 1 amide bonds. The molecule has 6 nitrogen and oxygen atoms in total. The summed E-state index contributed by atoms with van der Waals surface area (Å²) >= 11 is 0. The van der Waals surface area contributed by atoms with Gasteiger partial charge in [-0.2, -0.15) is 18.3 Å². The van der Waals surface area contributed by atoms with Gasteiger partial charge in [-0.3, -0.25) is 4.79 Å². The van der Waals surface area contributed by atoms with Crippen molar-refractivity contribution >= 4 is 17.6 Å². The second-order valence-electron chi connectivity index (χ2n) is 7.04. The highest BCUT2D eigenvalue weighted by atomic mass is 19.4. The number of allylic oxidation sites excluding steroid dienone is 2. The summed E-state index contributed by atoms with van der Waals surface area (Å²) in [4.78, 5) is 23.5. The van der Waals surface area contributed by atoms with E-state index in [1.54, 1.807) is 0 Å². The van der Waals surface area contributed by atoms with E-state index in [2.05, 4.69) is 22.6 Å². The summed E-state index contributed by atoms with van der Waals surface area (Å²) in [5.74, 6) is -1.20. The molecule has 3 atom stereocenters. The number of aromatic nitrogens is 2. The third-order valence-electron chi connectivity index (χ3n) is 5.26. The number of fused-ring (bicyclic) bond motifs is 2. The van der Waals surface area contributed by atoms with Gasteiger partial charge in [0.15, 0.2) is 5.69 Å². The summed E-state index contributed by atoms with van der Waals surface area (Å²) in [7, 11) is 0. The number of carboxylic acid groups (broad SMARTS) is 1. The van der Waals surface area contributed by atoms with Gasteiger partial charge in [0.05, 0.1) is 11.9 Å². The smallest absolute Gasteiger partial charge is 0.434 e. The summed E-state index contributed by atoms with van der Waals surface area (Å²) in [6.07, 6.45) is 1.79. The summed E-state index contributed by atoms with van der Waals surface area (Å²) in [6.45, 7) is 0. The second kappa shape index (κ2) is 6.50. The number of benzene rings is 1. The first kappa shape index (κ1) is 18.3. The lowest BCUT2D eigenvalue weighted by molar-refractivity contribution is -0.143. The second-order valence-corrected chi connectivity index (χ2v) is 7.04. The highest BCUT2D eigenvalue weighted by Gasteiger charge is 2.41. The van der Waals surface area contributed by atoms with Gasteiger partial charge in [-0.05, 0) is 48.9 Å². The van der Waals surface area contributed by atoms with E-state index in [0.29, 0.717) is 22.5 Å². The Morgan fingerprint density at radius 2 is 1.86 bits per heavy atom. The Bertz CT molecular complexity index is 963. The first-order valence-electron chi connectivity index (χ1n) is 8.72. The molecule has 0 radical (unpaired) electrons.